The summed E-state index contributed by atoms with van der Waals surface area (Å²) in [4.78, 5) is 0. The number of hydrogen-bond donors (Lipinski definition) is 0. The Balaban J connectivity index is -0.000000285. The first kappa shape index (κ1) is 52.7. The standard InChI is InChI=1S/3C10H21O5.Al/c3*1-5-12-9(11)10(13-6-2,14-7-3)15-8-4;/h3*9H,5-8H2,1-4H3;/q3*-1;+3. The zero-order valence-electron chi connectivity index (χ0n) is 30.4. The van der Waals surface area contributed by atoms with Crippen molar-refractivity contribution in [1.82, 2.24) is 0 Å². The van der Waals surface area contributed by atoms with Crippen molar-refractivity contribution in [2.75, 3.05) is 79.3 Å². The molecule has 0 aromatic rings. The summed E-state index contributed by atoms with van der Waals surface area (Å²) in [5.74, 6) is -4.85. The van der Waals surface area contributed by atoms with Crippen LogP contribution in [0.5, 0.6) is 0 Å². The summed E-state index contributed by atoms with van der Waals surface area (Å²) < 4.78 is 62.0. The summed E-state index contributed by atoms with van der Waals surface area (Å²) >= 11 is 0. The quantitative estimate of drug-likeness (QED) is 0.0881. The second-order valence-corrected chi connectivity index (χ2v) is 8.07. The minimum Gasteiger partial charge on any atom is -0.825 e. The first-order valence-corrected chi connectivity index (χ1v) is 16.1. The van der Waals surface area contributed by atoms with Crippen LogP contribution < -0.4 is 15.3 Å². The maximum atomic E-state index is 11.7. The summed E-state index contributed by atoms with van der Waals surface area (Å²) in [6.07, 6.45) is -4.49. The molecule has 0 heterocycles. The van der Waals surface area contributed by atoms with Gasteiger partial charge in [-0.3, -0.25) is 0 Å². The second-order valence-electron chi connectivity index (χ2n) is 8.07. The molecule has 0 aliphatic carbocycles. The fourth-order valence-corrected chi connectivity index (χ4v) is 3.56. The Labute approximate surface area is 288 Å². The van der Waals surface area contributed by atoms with Crippen LogP contribution in [-0.4, -0.2) is 133 Å². The van der Waals surface area contributed by atoms with Gasteiger partial charge in [0.1, 0.15) is 0 Å². The van der Waals surface area contributed by atoms with Gasteiger partial charge in [0.25, 0.3) is 17.9 Å². The van der Waals surface area contributed by atoms with Gasteiger partial charge in [0, 0.05) is 79.3 Å². The molecule has 0 aliphatic heterocycles. The molecule has 16 heteroatoms. The molecule has 0 saturated carbocycles. The molecule has 0 amide bonds. The molecule has 0 aromatic heterocycles. The van der Waals surface area contributed by atoms with Gasteiger partial charge in [-0.1, -0.05) is 0 Å². The van der Waals surface area contributed by atoms with E-state index in [1.54, 1.807) is 83.1 Å². The predicted octanol–water partition coefficient (Wildman–Crippen LogP) is 1.04. The average Bonchev–Trinajstić information content (AvgIpc) is 2.99. The van der Waals surface area contributed by atoms with Gasteiger partial charge in [0.2, 0.25) is 0 Å². The molecule has 0 aliphatic rings. The van der Waals surface area contributed by atoms with Crippen molar-refractivity contribution in [2.45, 2.75) is 120 Å². The number of rotatable bonds is 27. The van der Waals surface area contributed by atoms with Crippen LogP contribution in [0.15, 0.2) is 0 Å². The molecular formula is C30H63AlO15. The van der Waals surface area contributed by atoms with E-state index >= 15 is 0 Å². The predicted molar refractivity (Wildman–Crippen MR) is 165 cm³/mol. The van der Waals surface area contributed by atoms with E-state index in [9.17, 15) is 15.3 Å². The Bertz CT molecular complexity index is 489. The Morgan fingerprint density at radius 3 is 0.522 bits per heavy atom. The molecule has 46 heavy (non-hydrogen) atoms. The molecule has 0 rings (SSSR count). The molecule has 276 valence electrons. The topological polar surface area (TPSA) is 180 Å². The van der Waals surface area contributed by atoms with Crippen molar-refractivity contribution < 1.29 is 72.2 Å². The number of ether oxygens (including phenoxy) is 12. The van der Waals surface area contributed by atoms with Crippen molar-refractivity contribution in [3.8, 4) is 0 Å². The molecular weight excluding hydrogens is 627 g/mol. The van der Waals surface area contributed by atoms with Gasteiger partial charge >= 0.3 is 17.4 Å². The molecule has 0 spiro atoms. The molecule has 0 bridgehead atoms. The minimum absolute atomic E-state index is 0. The minimum atomic E-state index is -1.62. The van der Waals surface area contributed by atoms with E-state index in [1.807, 2.05) is 0 Å². The van der Waals surface area contributed by atoms with E-state index in [-0.39, 0.29) is 17.4 Å². The Morgan fingerprint density at radius 1 is 0.304 bits per heavy atom. The van der Waals surface area contributed by atoms with Crippen LogP contribution >= 0.6 is 0 Å². The summed E-state index contributed by atoms with van der Waals surface area (Å²) in [6, 6.07) is 0. The monoisotopic (exact) mass is 690 g/mol. The van der Waals surface area contributed by atoms with Crippen molar-refractivity contribution >= 4 is 17.4 Å². The smallest absolute Gasteiger partial charge is 0.825 e. The molecule has 0 fully saturated rings. The van der Waals surface area contributed by atoms with E-state index in [2.05, 4.69) is 0 Å². The van der Waals surface area contributed by atoms with Crippen molar-refractivity contribution in [3.05, 3.63) is 0 Å². The van der Waals surface area contributed by atoms with Crippen LogP contribution in [0.25, 0.3) is 0 Å². The zero-order chi connectivity index (χ0) is 35.2. The third kappa shape index (κ3) is 20.4. The van der Waals surface area contributed by atoms with Crippen LogP contribution in [0.1, 0.15) is 83.1 Å². The van der Waals surface area contributed by atoms with Gasteiger partial charge in [-0.25, -0.2) is 0 Å². The van der Waals surface area contributed by atoms with Gasteiger partial charge in [0.05, 0.1) is 18.9 Å². The van der Waals surface area contributed by atoms with Crippen LogP contribution in [0, 0.1) is 0 Å². The van der Waals surface area contributed by atoms with Crippen LogP contribution in [0.4, 0.5) is 0 Å². The SMILES string of the molecule is CCOC([O-])C(OCC)(OCC)OCC.CCOC([O-])C(OCC)(OCC)OCC.CCOC([O-])C(OCC)(OCC)OCC.[Al+3]. The molecule has 0 aromatic carbocycles. The van der Waals surface area contributed by atoms with Crippen LogP contribution in [0.2, 0.25) is 0 Å². The Kier molecular flexibility index (Phi) is 38.3. The van der Waals surface area contributed by atoms with Crippen molar-refractivity contribution in [1.29, 1.82) is 0 Å². The molecule has 0 radical (unpaired) electrons. The maximum Gasteiger partial charge on any atom is 3.00 e. The van der Waals surface area contributed by atoms with E-state index in [4.69, 9.17) is 56.8 Å². The maximum absolute atomic E-state index is 11.7. The normalized spacial score (nSPS) is 13.9. The first-order valence-electron chi connectivity index (χ1n) is 16.1. The largest absolute Gasteiger partial charge is 3.00 e. The van der Waals surface area contributed by atoms with Crippen molar-refractivity contribution in [3.63, 3.8) is 0 Å². The second kappa shape index (κ2) is 33.4. The molecule has 0 N–H and O–H groups in total. The molecule has 3 atom stereocenters. The summed E-state index contributed by atoms with van der Waals surface area (Å²) in [6.45, 7) is 24.9. The molecule has 0 saturated heterocycles. The van der Waals surface area contributed by atoms with Gasteiger partial charge in [-0.05, 0) is 83.1 Å². The van der Waals surface area contributed by atoms with Gasteiger partial charge in [0.15, 0.2) is 0 Å². The zero-order valence-corrected chi connectivity index (χ0v) is 31.6. The van der Waals surface area contributed by atoms with Gasteiger partial charge < -0.3 is 72.2 Å². The fraction of sp³-hybridized carbons (Fsp3) is 1.00. The average molecular weight is 691 g/mol. The molecule has 3 unspecified atom stereocenters. The Hall–Kier alpha value is -0.0675. The summed E-state index contributed by atoms with van der Waals surface area (Å²) in [5, 5.41) is 35.2. The van der Waals surface area contributed by atoms with E-state index in [0.717, 1.165) is 0 Å². The third-order valence-corrected chi connectivity index (χ3v) is 4.93. The van der Waals surface area contributed by atoms with Gasteiger partial charge in [-0.2, -0.15) is 0 Å². The van der Waals surface area contributed by atoms with Crippen LogP contribution in [0.3, 0.4) is 0 Å². The summed E-state index contributed by atoms with van der Waals surface area (Å²) in [5.41, 5.74) is 0. The first-order chi connectivity index (χ1) is 21.5. The van der Waals surface area contributed by atoms with Crippen molar-refractivity contribution in [2.24, 2.45) is 0 Å². The third-order valence-electron chi connectivity index (χ3n) is 4.93. The van der Waals surface area contributed by atoms with Gasteiger partial charge in [-0.15, -0.1) is 0 Å². The summed E-state index contributed by atoms with van der Waals surface area (Å²) in [7, 11) is 0. The fourth-order valence-electron chi connectivity index (χ4n) is 3.56. The van der Waals surface area contributed by atoms with Crippen LogP contribution in [-0.2, 0) is 56.8 Å². The number of hydrogen-bond acceptors (Lipinski definition) is 15. The molecule has 15 nitrogen and oxygen atoms in total. The van der Waals surface area contributed by atoms with E-state index in [0.29, 0.717) is 79.3 Å². The van der Waals surface area contributed by atoms with E-state index in [1.165, 1.54) is 0 Å². The Morgan fingerprint density at radius 2 is 0.435 bits per heavy atom. The van der Waals surface area contributed by atoms with E-state index < -0.39 is 36.8 Å².